The highest BCUT2D eigenvalue weighted by molar-refractivity contribution is 5.98. The molecule has 20 heavy (non-hydrogen) atoms. The Morgan fingerprint density at radius 1 is 1.50 bits per heavy atom. The molecule has 2 amide bonds. The van der Waals surface area contributed by atoms with Crippen molar-refractivity contribution in [2.24, 2.45) is 0 Å². The van der Waals surface area contributed by atoms with Crippen molar-refractivity contribution in [2.45, 2.75) is 12.8 Å². The monoisotopic (exact) mass is 279 g/mol. The molecule has 8 nitrogen and oxygen atoms in total. The van der Waals surface area contributed by atoms with E-state index in [9.17, 15) is 24.8 Å². The molecule has 1 aromatic carbocycles. The van der Waals surface area contributed by atoms with E-state index in [2.05, 4.69) is 5.32 Å². The number of amides is 2. The fraction of sp³-hybridized carbons (Fsp3) is 0.333. The number of para-hydroxylation sites is 1. The minimum atomic E-state index is -0.698. The van der Waals surface area contributed by atoms with E-state index in [1.807, 2.05) is 0 Å². The molecule has 2 rings (SSSR count). The Morgan fingerprint density at radius 3 is 2.85 bits per heavy atom. The van der Waals surface area contributed by atoms with E-state index in [1.165, 1.54) is 23.1 Å². The van der Waals surface area contributed by atoms with Gasteiger partial charge in [-0.1, -0.05) is 6.07 Å². The van der Waals surface area contributed by atoms with Gasteiger partial charge in [-0.15, -0.1) is 0 Å². The van der Waals surface area contributed by atoms with E-state index >= 15 is 0 Å². The second-order valence-electron chi connectivity index (χ2n) is 4.40. The molecule has 0 unspecified atom stereocenters. The Balaban J connectivity index is 2.11. The predicted octanol–water partition coefficient (Wildman–Crippen LogP) is 0.861. The predicted molar refractivity (Wildman–Crippen MR) is 69.2 cm³/mol. The lowest BCUT2D eigenvalue weighted by Crippen LogP contribution is -2.34. The first-order valence-electron chi connectivity index (χ1n) is 6.03. The van der Waals surface area contributed by atoms with Crippen LogP contribution in [0.5, 0.6) is 5.75 Å². The third-order valence-electron chi connectivity index (χ3n) is 2.99. The molecule has 1 aliphatic rings. The number of hydrogen-bond donors (Lipinski definition) is 2. The summed E-state index contributed by atoms with van der Waals surface area (Å²) in [6.07, 6.45) is 1.10. The van der Waals surface area contributed by atoms with Gasteiger partial charge >= 0.3 is 0 Å². The zero-order valence-electron chi connectivity index (χ0n) is 10.5. The van der Waals surface area contributed by atoms with Crippen LogP contribution in [-0.2, 0) is 9.59 Å². The fourth-order valence-corrected chi connectivity index (χ4v) is 2.03. The average molecular weight is 279 g/mol. The van der Waals surface area contributed by atoms with Crippen LogP contribution in [0.15, 0.2) is 18.2 Å². The average Bonchev–Trinajstić information content (AvgIpc) is 2.77. The fourth-order valence-electron chi connectivity index (χ4n) is 2.03. The number of benzene rings is 1. The summed E-state index contributed by atoms with van der Waals surface area (Å²) in [5.41, 5.74) is -0.653. The lowest BCUT2D eigenvalue weighted by atomic mass is 10.2. The van der Waals surface area contributed by atoms with Crippen molar-refractivity contribution in [1.29, 1.82) is 0 Å². The number of nitrogens with one attached hydrogen (secondary N) is 1. The third kappa shape index (κ3) is 2.85. The first-order valence-corrected chi connectivity index (χ1v) is 6.03. The number of carbonyl (C=O) groups excluding carboxylic acids is 2. The van der Waals surface area contributed by atoms with Gasteiger partial charge in [0.05, 0.1) is 11.5 Å². The Morgan fingerprint density at radius 2 is 2.25 bits per heavy atom. The second kappa shape index (κ2) is 5.55. The van der Waals surface area contributed by atoms with E-state index in [0.29, 0.717) is 19.4 Å². The smallest absolute Gasteiger partial charge is 0.296 e. The molecule has 1 aliphatic heterocycles. The Hall–Kier alpha value is -2.64. The quantitative estimate of drug-likeness (QED) is 0.482. The molecule has 0 atom stereocenters. The van der Waals surface area contributed by atoms with Crippen LogP contribution in [0.25, 0.3) is 0 Å². The second-order valence-corrected chi connectivity index (χ2v) is 4.40. The summed E-state index contributed by atoms with van der Waals surface area (Å²) in [7, 11) is 0. The normalized spacial score (nSPS) is 14.4. The van der Waals surface area contributed by atoms with Gasteiger partial charge in [-0.2, -0.15) is 0 Å². The standard InChI is InChI=1S/C12H13N3O5/c16-9-4-1-3-8(15(19)20)12(9)13-10(17)7-14-6-2-5-11(14)18/h1,3-4,16H,2,5-7H2,(H,13,17). The number of nitrogens with zero attached hydrogens (tertiary/aromatic N) is 2. The highest BCUT2D eigenvalue weighted by Crippen LogP contribution is 2.32. The Kier molecular flexibility index (Phi) is 3.83. The van der Waals surface area contributed by atoms with Crippen molar-refractivity contribution >= 4 is 23.2 Å². The lowest BCUT2D eigenvalue weighted by molar-refractivity contribution is -0.384. The van der Waals surface area contributed by atoms with Crippen molar-refractivity contribution in [3.8, 4) is 5.75 Å². The molecule has 0 bridgehead atoms. The molecular formula is C12H13N3O5. The van der Waals surface area contributed by atoms with Gasteiger partial charge in [-0.3, -0.25) is 19.7 Å². The van der Waals surface area contributed by atoms with Gasteiger partial charge in [-0.05, 0) is 12.5 Å². The van der Waals surface area contributed by atoms with Crippen LogP contribution in [0.3, 0.4) is 0 Å². The first-order chi connectivity index (χ1) is 9.49. The largest absolute Gasteiger partial charge is 0.505 e. The summed E-state index contributed by atoms with van der Waals surface area (Å²) >= 11 is 0. The van der Waals surface area contributed by atoms with Crippen molar-refractivity contribution in [2.75, 3.05) is 18.4 Å². The molecule has 2 N–H and O–H groups in total. The molecule has 1 saturated heterocycles. The summed E-state index contributed by atoms with van der Waals surface area (Å²) in [4.78, 5) is 34.7. The molecule has 0 saturated carbocycles. The van der Waals surface area contributed by atoms with Gasteiger partial charge < -0.3 is 15.3 Å². The van der Waals surface area contributed by atoms with E-state index < -0.39 is 16.5 Å². The van der Waals surface area contributed by atoms with Crippen LogP contribution in [0.2, 0.25) is 0 Å². The van der Waals surface area contributed by atoms with Crippen LogP contribution >= 0.6 is 0 Å². The van der Waals surface area contributed by atoms with Gasteiger partial charge in [0.25, 0.3) is 5.69 Å². The van der Waals surface area contributed by atoms with Crippen molar-refractivity contribution in [1.82, 2.24) is 4.90 Å². The number of rotatable bonds is 4. The zero-order chi connectivity index (χ0) is 14.7. The van der Waals surface area contributed by atoms with Gasteiger partial charge in [0.2, 0.25) is 11.8 Å². The number of phenols is 1. The highest BCUT2D eigenvalue weighted by atomic mass is 16.6. The number of nitro groups is 1. The molecule has 8 heteroatoms. The maximum atomic E-state index is 11.8. The maximum Gasteiger partial charge on any atom is 0.296 e. The minimum absolute atomic E-state index is 0.119. The summed E-state index contributed by atoms with van der Waals surface area (Å²) in [6.45, 7) is 0.319. The maximum absolute atomic E-state index is 11.8. The van der Waals surface area contributed by atoms with Gasteiger partial charge in [0, 0.05) is 19.0 Å². The molecular weight excluding hydrogens is 266 g/mol. The zero-order valence-corrected chi connectivity index (χ0v) is 10.5. The number of carbonyl (C=O) groups is 2. The Bertz CT molecular complexity index is 572. The lowest BCUT2D eigenvalue weighted by Gasteiger charge is -2.15. The summed E-state index contributed by atoms with van der Waals surface area (Å²) < 4.78 is 0. The third-order valence-corrected chi connectivity index (χ3v) is 2.99. The summed E-state index contributed by atoms with van der Waals surface area (Å²) in [5.74, 6) is -1.09. The van der Waals surface area contributed by atoms with Crippen LogP contribution in [0, 0.1) is 10.1 Å². The van der Waals surface area contributed by atoms with Crippen molar-refractivity contribution in [3.05, 3.63) is 28.3 Å². The number of likely N-dealkylation sites (tertiary alicyclic amines) is 1. The van der Waals surface area contributed by atoms with E-state index in [-0.39, 0.29) is 23.9 Å². The number of nitro benzene ring substituents is 1. The van der Waals surface area contributed by atoms with E-state index in [1.54, 1.807) is 0 Å². The van der Waals surface area contributed by atoms with Crippen LogP contribution in [-0.4, -0.2) is 39.8 Å². The number of anilines is 1. The summed E-state index contributed by atoms with van der Waals surface area (Å²) in [6, 6.07) is 3.73. The highest BCUT2D eigenvalue weighted by Gasteiger charge is 2.24. The van der Waals surface area contributed by atoms with E-state index in [0.717, 1.165) is 0 Å². The van der Waals surface area contributed by atoms with Crippen LogP contribution in [0.4, 0.5) is 11.4 Å². The number of phenolic OH excluding ortho intramolecular Hbond substituents is 1. The molecule has 0 spiro atoms. The molecule has 1 aromatic rings. The Labute approximate surface area is 114 Å². The SMILES string of the molecule is O=C(CN1CCCC1=O)Nc1c(O)cccc1[N+](=O)[O-]. The minimum Gasteiger partial charge on any atom is -0.505 e. The first kappa shape index (κ1) is 13.8. The van der Waals surface area contributed by atoms with Crippen LogP contribution in [0.1, 0.15) is 12.8 Å². The summed E-state index contributed by atoms with van der Waals surface area (Å²) in [5, 5.41) is 22.7. The molecule has 0 aromatic heterocycles. The van der Waals surface area contributed by atoms with Crippen molar-refractivity contribution in [3.63, 3.8) is 0 Å². The molecule has 1 heterocycles. The molecule has 1 fully saturated rings. The van der Waals surface area contributed by atoms with Gasteiger partial charge in [-0.25, -0.2) is 0 Å². The number of aromatic hydroxyl groups is 1. The van der Waals surface area contributed by atoms with Crippen molar-refractivity contribution < 1.29 is 19.6 Å². The number of hydrogen-bond acceptors (Lipinski definition) is 5. The molecule has 0 radical (unpaired) electrons. The van der Waals surface area contributed by atoms with Crippen LogP contribution < -0.4 is 5.32 Å². The van der Waals surface area contributed by atoms with E-state index in [4.69, 9.17) is 0 Å². The molecule has 106 valence electrons. The van der Waals surface area contributed by atoms with Gasteiger partial charge in [0.1, 0.15) is 5.75 Å². The van der Waals surface area contributed by atoms with Gasteiger partial charge in [0.15, 0.2) is 5.69 Å². The molecule has 0 aliphatic carbocycles. The topological polar surface area (TPSA) is 113 Å².